The fourth-order valence-corrected chi connectivity index (χ4v) is 10.3. The van der Waals surface area contributed by atoms with Crippen LogP contribution in [0.5, 0.6) is 0 Å². The van der Waals surface area contributed by atoms with Crippen molar-refractivity contribution in [3.63, 3.8) is 0 Å². The van der Waals surface area contributed by atoms with Gasteiger partial charge in [0.1, 0.15) is 6.54 Å². The van der Waals surface area contributed by atoms with Crippen LogP contribution in [0.4, 0.5) is 22.7 Å². The predicted molar refractivity (Wildman–Crippen MR) is 240 cm³/mol. The highest BCUT2D eigenvalue weighted by Crippen LogP contribution is 2.49. The number of anilines is 3. The Bertz CT molecular complexity index is 2280. The minimum absolute atomic E-state index is 0.0431. The Morgan fingerprint density at radius 2 is 1.23 bits per heavy atom. The first-order valence-electron chi connectivity index (χ1n) is 21.4. The maximum Gasteiger partial charge on any atom is 0.209 e. The number of allylic oxidation sites excluding steroid dienone is 1. The Balaban J connectivity index is 0.966. The van der Waals surface area contributed by atoms with E-state index >= 15 is 0 Å². The van der Waals surface area contributed by atoms with Gasteiger partial charge in [-0.1, -0.05) is 98.8 Å². The van der Waals surface area contributed by atoms with Crippen LogP contribution in [-0.2, 0) is 10.8 Å². The first-order valence-corrected chi connectivity index (χ1v) is 21.4. The van der Waals surface area contributed by atoms with E-state index in [2.05, 4.69) is 180 Å². The number of rotatable bonds is 11. The number of hydrogen-bond donors (Lipinski definition) is 0. The summed E-state index contributed by atoms with van der Waals surface area (Å²) in [6.07, 6.45) is 17.0. The molecular weight excluding hydrogens is 681 g/mol. The van der Waals surface area contributed by atoms with Crippen LogP contribution >= 0.6 is 0 Å². The van der Waals surface area contributed by atoms with Crippen LogP contribution in [0.15, 0.2) is 121 Å². The first kappa shape index (κ1) is 36.5. The topological polar surface area (TPSA) is 12.7 Å². The van der Waals surface area contributed by atoms with Gasteiger partial charge in [-0.25, -0.2) is 0 Å². The van der Waals surface area contributed by atoms with Gasteiger partial charge in [0, 0.05) is 79.3 Å². The highest BCUT2D eigenvalue weighted by atomic mass is 15.2. The SMILES string of the molecule is CC1(C)C(/C=C/c2ccc(N3CCCC3)cc2)=[N+](CCCCN2c3ccc4ccccc4c3C(C)(C)C2/C=C/c2ccc(N3CCCC3)cc2)c2ccccc21. The molecule has 0 bridgehead atoms. The van der Waals surface area contributed by atoms with Crippen molar-refractivity contribution >= 4 is 51.4 Å². The monoisotopic (exact) mass is 739 g/mol. The maximum absolute atomic E-state index is 2.72. The Hall–Kier alpha value is -5.09. The second-order valence-electron chi connectivity index (χ2n) is 17.7. The van der Waals surface area contributed by atoms with Crippen molar-refractivity contribution in [3.8, 4) is 0 Å². The van der Waals surface area contributed by atoms with Gasteiger partial charge in [0.2, 0.25) is 5.69 Å². The van der Waals surface area contributed by atoms with Crippen molar-refractivity contribution in [3.05, 3.63) is 144 Å². The summed E-state index contributed by atoms with van der Waals surface area (Å²) in [5.41, 5.74) is 12.2. The highest BCUT2D eigenvalue weighted by molar-refractivity contribution is 6.05. The smallest absolute Gasteiger partial charge is 0.209 e. The van der Waals surface area contributed by atoms with E-state index in [4.69, 9.17) is 0 Å². The third-order valence-corrected chi connectivity index (χ3v) is 13.4. The first-order chi connectivity index (χ1) is 27.3. The summed E-state index contributed by atoms with van der Waals surface area (Å²) in [6.45, 7) is 16.4. The second-order valence-corrected chi connectivity index (χ2v) is 17.7. The van der Waals surface area contributed by atoms with Gasteiger partial charge < -0.3 is 14.7 Å². The Morgan fingerprint density at radius 1 is 0.625 bits per heavy atom. The molecule has 2 fully saturated rings. The molecule has 0 aliphatic carbocycles. The summed E-state index contributed by atoms with van der Waals surface area (Å²) < 4.78 is 2.61. The van der Waals surface area contributed by atoms with Crippen LogP contribution in [0.3, 0.4) is 0 Å². The number of benzene rings is 5. The zero-order valence-electron chi connectivity index (χ0n) is 34.1. The summed E-state index contributed by atoms with van der Waals surface area (Å²) in [6, 6.07) is 41.4. The number of nitrogens with zero attached hydrogens (tertiary/aromatic N) is 4. The molecule has 4 heteroatoms. The number of fused-ring (bicyclic) bond motifs is 4. The van der Waals surface area contributed by atoms with Gasteiger partial charge in [0.05, 0.1) is 11.5 Å². The van der Waals surface area contributed by atoms with Crippen molar-refractivity contribution in [1.29, 1.82) is 0 Å². The predicted octanol–water partition coefficient (Wildman–Crippen LogP) is 11.8. The van der Waals surface area contributed by atoms with E-state index < -0.39 is 0 Å². The second kappa shape index (κ2) is 15.1. The normalized spacial score (nSPS) is 20.0. The van der Waals surface area contributed by atoms with E-state index in [-0.39, 0.29) is 16.9 Å². The van der Waals surface area contributed by atoms with Gasteiger partial charge >= 0.3 is 0 Å². The van der Waals surface area contributed by atoms with Crippen molar-refractivity contribution in [2.75, 3.05) is 54.0 Å². The maximum atomic E-state index is 2.72. The third kappa shape index (κ3) is 6.76. The van der Waals surface area contributed by atoms with E-state index in [1.807, 2.05) is 0 Å². The third-order valence-electron chi connectivity index (χ3n) is 13.4. The van der Waals surface area contributed by atoms with E-state index in [9.17, 15) is 0 Å². The van der Waals surface area contributed by atoms with Crippen molar-refractivity contribution in [2.45, 2.75) is 83.1 Å². The van der Waals surface area contributed by atoms with Crippen molar-refractivity contribution in [1.82, 2.24) is 0 Å². The van der Waals surface area contributed by atoms with Crippen LogP contribution < -0.4 is 14.7 Å². The number of para-hydroxylation sites is 1. The molecule has 0 aromatic heterocycles. The van der Waals surface area contributed by atoms with Gasteiger partial charge in [-0.2, -0.15) is 4.58 Å². The lowest BCUT2D eigenvalue weighted by Crippen LogP contribution is -2.40. The summed E-state index contributed by atoms with van der Waals surface area (Å²) in [4.78, 5) is 7.75. The average molecular weight is 740 g/mol. The van der Waals surface area contributed by atoms with E-state index in [0.29, 0.717) is 0 Å². The molecule has 0 amide bonds. The van der Waals surface area contributed by atoms with Crippen molar-refractivity contribution in [2.24, 2.45) is 0 Å². The molecule has 4 aliphatic rings. The minimum atomic E-state index is -0.0654. The highest BCUT2D eigenvalue weighted by Gasteiger charge is 2.45. The largest absolute Gasteiger partial charge is 0.372 e. The van der Waals surface area contributed by atoms with Crippen LogP contribution in [-0.4, -0.2) is 55.6 Å². The number of hydrogen-bond acceptors (Lipinski definition) is 3. The molecule has 1 unspecified atom stereocenters. The molecule has 0 saturated carbocycles. The molecule has 4 aliphatic heterocycles. The fourth-order valence-electron chi connectivity index (χ4n) is 10.3. The molecule has 0 spiro atoms. The van der Waals surface area contributed by atoms with Gasteiger partial charge in [-0.15, -0.1) is 0 Å². The number of unbranched alkanes of at least 4 members (excludes halogenated alkanes) is 1. The summed E-state index contributed by atoms with van der Waals surface area (Å²) in [5.74, 6) is 0. The quantitative estimate of drug-likeness (QED) is 0.0989. The van der Waals surface area contributed by atoms with E-state index in [0.717, 1.165) is 25.9 Å². The summed E-state index contributed by atoms with van der Waals surface area (Å²) in [7, 11) is 0. The molecule has 0 N–H and O–H groups in total. The van der Waals surface area contributed by atoms with Crippen molar-refractivity contribution < 1.29 is 4.58 Å². The van der Waals surface area contributed by atoms with Crippen LogP contribution in [0, 0.1) is 0 Å². The van der Waals surface area contributed by atoms with Crippen LogP contribution in [0.1, 0.15) is 88.5 Å². The molecule has 2 saturated heterocycles. The van der Waals surface area contributed by atoms with Gasteiger partial charge in [0.25, 0.3) is 0 Å². The van der Waals surface area contributed by atoms with E-state index in [1.165, 1.54) is 113 Å². The molecule has 4 nitrogen and oxygen atoms in total. The summed E-state index contributed by atoms with van der Waals surface area (Å²) >= 11 is 0. The molecule has 5 aromatic rings. The van der Waals surface area contributed by atoms with E-state index in [1.54, 1.807) is 0 Å². The van der Waals surface area contributed by atoms with Crippen LogP contribution in [0.25, 0.3) is 22.9 Å². The molecule has 0 radical (unpaired) electrons. The van der Waals surface area contributed by atoms with Gasteiger partial charge in [0.15, 0.2) is 5.71 Å². The lowest BCUT2D eigenvalue weighted by atomic mass is 9.78. The van der Waals surface area contributed by atoms with Gasteiger partial charge in [-0.05, 0) is 110 Å². The Kier molecular flexibility index (Phi) is 9.86. The molecule has 4 heterocycles. The van der Waals surface area contributed by atoms with Crippen LogP contribution in [0.2, 0.25) is 0 Å². The zero-order valence-corrected chi connectivity index (χ0v) is 34.1. The minimum Gasteiger partial charge on any atom is -0.372 e. The molecule has 5 aromatic carbocycles. The summed E-state index contributed by atoms with van der Waals surface area (Å²) in [5, 5.41) is 2.72. The molecular formula is C52H59N4+. The lowest BCUT2D eigenvalue weighted by Gasteiger charge is -2.32. The fraction of sp³-hybridized carbons (Fsp3) is 0.365. The zero-order chi connectivity index (χ0) is 38.3. The molecule has 286 valence electrons. The molecule has 56 heavy (non-hydrogen) atoms. The average Bonchev–Trinajstić information content (AvgIpc) is 4.03. The standard InChI is InChI=1S/C52H59N4/c1-51(2)45-17-7-8-18-46(45)55(48(51)31-23-39-19-26-42(27-20-39)53-33-9-10-34-53)37-13-14-38-56-47-30-25-41-15-5-6-16-44(41)50(47)52(3,4)49(56)32-24-40-21-28-43(29-22-40)54-35-11-12-36-54/h5-8,15-32,49H,9-14,33-38H2,1-4H3/q+1/b32-24+. The lowest BCUT2D eigenvalue weighted by molar-refractivity contribution is -0.438. The Morgan fingerprint density at radius 3 is 1.91 bits per heavy atom. The Labute approximate surface area is 335 Å². The molecule has 1 atom stereocenters. The molecule has 9 rings (SSSR count). The van der Waals surface area contributed by atoms with Gasteiger partial charge in [-0.3, -0.25) is 0 Å².